The zero-order chi connectivity index (χ0) is 20.6. The lowest BCUT2D eigenvalue weighted by atomic mass is 9.89. The van der Waals surface area contributed by atoms with E-state index in [-0.39, 0.29) is 19.1 Å². The Bertz CT molecular complexity index is 1000. The highest BCUT2D eigenvalue weighted by Crippen LogP contribution is 2.33. The Morgan fingerprint density at radius 1 is 1.17 bits per heavy atom. The molecule has 2 aromatic rings. The summed E-state index contributed by atoms with van der Waals surface area (Å²) in [7, 11) is 0. The number of nitrogens with two attached hydrogens (primary N) is 1. The van der Waals surface area contributed by atoms with Gasteiger partial charge in [-0.05, 0) is 60.6 Å². The summed E-state index contributed by atoms with van der Waals surface area (Å²) in [6.45, 7) is 1.62. The molecular formula is C22H23N3O4. The fourth-order valence-electron chi connectivity index (χ4n) is 3.99. The van der Waals surface area contributed by atoms with Crippen LogP contribution in [-0.2, 0) is 34.5 Å². The molecule has 4 rings (SSSR count). The van der Waals surface area contributed by atoms with Gasteiger partial charge in [0.15, 0.2) is 6.61 Å². The van der Waals surface area contributed by atoms with Crippen molar-refractivity contribution in [1.82, 2.24) is 10.2 Å². The maximum absolute atomic E-state index is 13.2. The Kier molecular flexibility index (Phi) is 4.74. The first-order valence-corrected chi connectivity index (χ1v) is 9.63. The van der Waals surface area contributed by atoms with Crippen molar-refractivity contribution in [3.8, 4) is 5.75 Å². The highest BCUT2D eigenvalue weighted by atomic mass is 16.5. The quantitative estimate of drug-likeness (QED) is 0.733. The van der Waals surface area contributed by atoms with Crippen LogP contribution in [0.15, 0.2) is 42.5 Å². The summed E-state index contributed by atoms with van der Waals surface area (Å²) in [5.41, 5.74) is 8.10. The third-order valence-electron chi connectivity index (χ3n) is 5.57. The van der Waals surface area contributed by atoms with E-state index >= 15 is 0 Å². The predicted molar refractivity (Wildman–Crippen MR) is 106 cm³/mol. The number of nitrogens with one attached hydrogen (secondary N) is 1. The van der Waals surface area contributed by atoms with E-state index in [2.05, 4.69) is 11.4 Å². The van der Waals surface area contributed by atoms with Crippen LogP contribution in [0, 0.1) is 0 Å². The van der Waals surface area contributed by atoms with Gasteiger partial charge in [0.25, 0.3) is 11.8 Å². The predicted octanol–water partition coefficient (Wildman–Crippen LogP) is 2.01. The van der Waals surface area contributed by atoms with Crippen LogP contribution in [0.1, 0.15) is 35.6 Å². The van der Waals surface area contributed by atoms with Gasteiger partial charge in [-0.1, -0.05) is 30.3 Å². The summed E-state index contributed by atoms with van der Waals surface area (Å²) in [6, 6.07) is 12.5. The van der Waals surface area contributed by atoms with Gasteiger partial charge in [0.2, 0.25) is 0 Å². The summed E-state index contributed by atoms with van der Waals surface area (Å²) in [5.74, 6) is -0.409. The van der Waals surface area contributed by atoms with Crippen molar-refractivity contribution >= 4 is 17.8 Å². The van der Waals surface area contributed by atoms with Crippen LogP contribution in [-0.4, -0.2) is 29.4 Å². The topological polar surface area (TPSA) is 102 Å². The molecule has 0 radical (unpaired) electrons. The molecule has 1 fully saturated rings. The van der Waals surface area contributed by atoms with Gasteiger partial charge in [-0.25, -0.2) is 4.79 Å². The molecule has 150 valence electrons. The minimum atomic E-state index is -1.09. The molecule has 1 heterocycles. The second-order valence-corrected chi connectivity index (χ2v) is 7.69. The SMILES string of the molecule is CC1(c2ccc3c(c2)CCC3)NC(=O)N(Cc2cccc(OCC(N)=O)c2)C1=O. The van der Waals surface area contributed by atoms with Crippen molar-refractivity contribution in [1.29, 1.82) is 0 Å². The van der Waals surface area contributed by atoms with Crippen molar-refractivity contribution in [2.75, 3.05) is 6.61 Å². The number of nitrogens with zero attached hydrogens (tertiary/aromatic N) is 1. The van der Waals surface area contributed by atoms with E-state index in [1.54, 1.807) is 31.2 Å². The molecule has 7 heteroatoms. The number of fused-ring (bicyclic) bond motifs is 1. The van der Waals surface area contributed by atoms with Gasteiger partial charge in [0, 0.05) is 0 Å². The number of rotatable bonds is 6. The smallest absolute Gasteiger partial charge is 0.325 e. The average molecular weight is 393 g/mol. The minimum absolute atomic E-state index is 0.110. The highest BCUT2D eigenvalue weighted by molar-refractivity contribution is 6.07. The van der Waals surface area contributed by atoms with Crippen LogP contribution in [0.2, 0.25) is 0 Å². The summed E-state index contributed by atoms with van der Waals surface area (Å²) in [6.07, 6.45) is 3.19. The first-order chi connectivity index (χ1) is 13.9. The zero-order valence-corrected chi connectivity index (χ0v) is 16.2. The standard InChI is InChI=1S/C22H23N3O4/c1-22(17-9-8-15-5-3-6-16(15)11-17)20(27)25(21(28)24-22)12-14-4-2-7-18(10-14)29-13-19(23)26/h2,4,7-11H,3,5-6,12-13H2,1H3,(H2,23,26)(H,24,28). The molecule has 1 aliphatic heterocycles. The second-order valence-electron chi connectivity index (χ2n) is 7.69. The monoisotopic (exact) mass is 393 g/mol. The molecule has 29 heavy (non-hydrogen) atoms. The number of carbonyl (C=O) groups excluding carboxylic acids is 3. The number of imide groups is 1. The molecule has 4 amide bonds. The maximum Gasteiger partial charge on any atom is 0.325 e. The second kappa shape index (κ2) is 7.24. The molecule has 1 aliphatic carbocycles. The molecular weight excluding hydrogens is 370 g/mol. The summed E-state index contributed by atoms with van der Waals surface area (Å²) in [4.78, 5) is 37.9. The van der Waals surface area contributed by atoms with Crippen molar-refractivity contribution in [3.63, 3.8) is 0 Å². The molecule has 0 bridgehead atoms. The third kappa shape index (κ3) is 3.55. The fraction of sp³-hybridized carbons (Fsp3) is 0.318. The Hall–Kier alpha value is -3.35. The van der Waals surface area contributed by atoms with Gasteiger partial charge in [-0.2, -0.15) is 0 Å². The molecule has 7 nitrogen and oxygen atoms in total. The number of hydrogen-bond donors (Lipinski definition) is 2. The molecule has 1 atom stereocenters. The molecule has 3 N–H and O–H groups in total. The van der Waals surface area contributed by atoms with Crippen molar-refractivity contribution in [2.45, 2.75) is 38.3 Å². The summed E-state index contributed by atoms with van der Waals surface area (Å²) >= 11 is 0. The molecule has 0 saturated carbocycles. The van der Waals surface area contributed by atoms with E-state index in [9.17, 15) is 14.4 Å². The lowest BCUT2D eigenvalue weighted by Gasteiger charge is -2.23. The number of hydrogen-bond acceptors (Lipinski definition) is 4. The van der Waals surface area contributed by atoms with Crippen LogP contribution in [0.3, 0.4) is 0 Å². The number of amides is 4. The van der Waals surface area contributed by atoms with Crippen LogP contribution < -0.4 is 15.8 Å². The van der Waals surface area contributed by atoms with Crippen LogP contribution in [0.5, 0.6) is 5.75 Å². The Balaban J connectivity index is 1.54. The maximum atomic E-state index is 13.2. The Morgan fingerprint density at radius 2 is 1.97 bits per heavy atom. The van der Waals surface area contributed by atoms with Gasteiger partial charge < -0.3 is 15.8 Å². The number of ether oxygens (including phenoxy) is 1. The van der Waals surface area contributed by atoms with Crippen LogP contribution in [0.4, 0.5) is 4.79 Å². The lowest BCUT2D eigenvalue weighted by Crippen LogP contribution is -2.40. The van der Waals surface area contributed by atoms with Crippen molar-refractivity contribution in [3.05, 3.63) is 64.7 Å². The van der Waals surface area contributed by atoms with Gasteiger partial charge in [-0.3, -0.25) is 14.5 Å². The first kappa shape index (κ1) is 19.0. The molecule has 2 aliphatic rings. The van der Waals surface area contributed by atoms with E-state index in [0.717, 1.165) is 24.8 Å². The molecule has 0 aromatic heterocycles. The van der Waals surface area contributed by atoms with Gasteiger partial charge in [0.05, 0.1) is 6.54 Å². The van der Waals surface area contributed by atoms with Crippen molar-refractivity contribution < 1.29 is 19.1 Å². The first-order valence-electron chi connectivity index (χ1n) is 9.63. The highest BCUT2D eigenvalue weighted by Gasteiger charge is 2.49. The van der Waals surface area contributed by atoms with Gasteiger partial charge >= 0.3 is 6.03 Å². The van der Waals surface area contributed by atoms with E-state index in [0.29, 0.717) is 11.3 Å². The Labute approximate surface area is 168 Å². The normalized spacial score (nSPS) is 20.5. The van der Waals surface area contributed by atoms with Gasteiger partial charge in [-0.15, -0.1) is 0 Å². The summed E-state index contributed by atoms with van der Waals surface area (Å²) < 4.78 is 5.30. The third-order valence-corrected chi connectivity index (χ3v) is 5.57. The average Bonchev–Trinajstić information content (AvgIpc) is 3.25. The van der Waals surface area contributed by atoms with Gasteiger partial charge in [0.1, 0.15) is 11.3 Å². The fourth-order valence-corrected chi connectivity index (χ4v) is 3.99. The molecule has 0 spiro atoms. The zero-order valence-electron chi connectivity index (χ0n) is 16.2. The lowest BCUT2D eigenvalue weighted by molar-refractivity contribution is -0.131. The number of urea groups is 1. The largest absolute Gasteiger partial charge is 0.484 e. The Morgan fingerprint density at radius 3 is 2.76 bits per heavy atom. The number of carbonyl (C=O) groups is 3. The van der Waals surface area contributed by atoms with Crippen LogP contribution in [0.25, 0.3) is 0 Å². The number of aryl methyl sites for hydroxylation is 2. The van der Waals surface area contributed by atoms with E-state index in [4.69, 9.17) is 10.5 Å². The number of primary amides is 1. The van der Waals surface area contributed by atoms with E-state index < -0.39 is 17.5 Å². The number of benzene rings is 2. The molecule has 1 unspecified atom stereocenters. The minimum Gasteiger partial charge on any atom is -0.484 e. The molecule has 1 saturated heterocycles. The van der Waals surface area contributed by atoms with Crippen molar-refractivity contribution in [2.24, 2.45) is 5.73 Å². The van der Waals surface area contributed by atoms with E-state index in [1.807, 2.05) is 12.1 Å². The summed E-state index contributed by atoms with van der Waals surface area (Å²) in [5, 5.41) is 2.86. The van der Waals surface area contributed by atoms with Crippen LogP contribution >= 0.6 is 0 Å². The van der Waals surface area contributed by atoms with E-state index in [1.165, 1.54) is 16.0 Å². The molecule has 2 aromatic carbocycles.